The number of H-pyrrole nitrogens is 1. The van der Waals surface area contributed by atoms with Crippen LogP contribution in [0.2, 0.25) is 0 Å². The van der Waals surface area contributed by atoms with Gasteiger partial charge in [0.15, 0.2) is 5.69 Å². The number of hydrogen-bond acceptors (Lipinski definition) is 4. The van der Waals surface area contributed by atoms with Gasteiger partial charge in [-0.3, -0.25) is 0 Å². The number of nitrogens with zero attached hydrogens (tertiary/aromatic N) is 1. The van der Waals surface area contributed by atoms with Crippen molar-refractivity contribution in [2.45, 2.75) is 0 Å². The fourth-order valence-corrected chi connectivity index (χ4v) is 0.723. The Morgan fingerprint density at radius 1 is 1.69 bits per heavy atom. The van der Waals surface area contributed by atoms with Gasteiger partial charge in [-0.1, -0.05) is 0 Å². The number of aromatic carboxylic acids is 1. The molecule has 0 fully saturated rings. The fraction of sp³-hybridized carbons (Fsp3) is 0.429. The first-order chi connectivity index (χ1) is 6.24. The molecule has 0 spiro atoms. The summed E-state index contributed by atoms with van der Waals surface area (Å²) in [5.74, 6) is -0.757. The second-order valence-corrected chi connectivity index (χ2v) is 2.26. The van der Waals surface area contributed by atoms with Crippen molar-refractivity contribution in [3.8, 4) is 5.88 Å². The summed E-state index contributed by atoms with van der Waals surface area (Å²) in [6.07, 6.45) is 0. The highest BCUT2D eigenvalue weighted by Crippen LogP contribution is 2.07. The summed E-state index contributed by atoms with van der Waals surface area (Å²) < 4.78 is 9.81. The summed E-state index contributed by atoms with van der Waals surface area (Å²) in [7, 11) is 1.55. The first-order valence-electron chi connectivity index (χ1n) is 3.64. The Labute approximate surface area is 74.5 Å². The minimum atomic E-state index is -1.09. The zero-order valence-corrected chi connectivity index (χ0v) is 7.11. The van der Waals surface area contributed by atoms with Crippen LogP contribution in [0.25, 0.3) is 0 Å². The zero-order valence-electron chi connectivity index (χ0n) is 7.11. The molecule has 72 valence electrons. The number of ether oxygens (including phenoxy) is 2. The van der Waals surface area contributed by atoms with Gasteiger partial charge in [0.1, 0.15) is 6.61 Å². The van der Waals surface area contributed by atoms with Crippen LogP contribution in [0.1, 0.15) is 10.5 Å². The van der Waals surface area contributed by atoms with E-state index in [0.717, 1.165) is 0 Å². The molecule has 0 radical (unpaired) electrons. The minimum Gasteiger partial charge on any atom is -0.476 e. The van der Waals surface area contributed by atoms with Gasteiger partial charge in [0, 0.05) is 13.2 Å². The van der Waals surface area contributed by atoms with Crippen LogP contribution in [-0.4, -0.2) is 41.6 Å². The van der Waals surface area contributed by atoms with Gasteiger partial charge in [-0.05, 0) is 0 Å². The van der Waals surface area contributed by atoms with E-state index in [1.165, 1.54) is 6.07 Å². The average molecular weight is 186 g/mol. The predicted molar refractivity (Wildman–Crippen MR) is 42.9 cm³/mol. The van der Waals surface area contributed by atoms with Gasteiger partial charge >= 0.3 is 5.97 Å². The molecule has 1 aromatic heterocycles. The maximum Gasteiger partial charge on any atom is 0.356 e. The van der Waals surface area contributed by atoms with Gasteiger partial charge < -0.3 is 14.6 Å². The van der Waals surface area contributed by atoms with Crippen LogP contribution in [0.4, 0.5) is 0 Å². The molecule has 13 heavy (non-hydrogen) atoms. The SMILES string of the molecule is COCCOc1cc(C(=O)O)n[nH]1. The van der Waals surface area contributed by atoms with Gasteiger partial charge in [0.05, 0.1) is 6.61 Å². The first-order valence-corrected chi connectivity index (χ1v) is 3.64. The second kappa shape index (κ2) is 4.46. The van der Waals surface area contributed by atoms with Crippen LogP contribution in [0.5, 0.6) is 5.88 Å². The van der Waals surface area contributed by atoms with Crippen LogP contribution < -0.4 is 4.74 Å². The smallest absolute Gasteiger partial charge is 0.356 e. The number of nitrogens with one attached hydrogen (secondary N) is 1. The summed E-state index contributed by atoms with van der Waals surface area (Å²) in [4.78, 5) is 10.4. The number of methoxy groups -OCH3 is 1. The molecule has 0 saturated heterocycles. The molecule has 1 heterocycles. The van der Waals surface area contributed by atoms with E-state index in [1.54, 1.807) is 7.11 Å². The predicted octanol–water partition coefficient (Wildman–Crippen LogP) is 0.133. The Morgan fingerprint density at radius 3 is 3.00 bits per heavy atom. The van der Waals surface area contributed by atoms with E-state index in [2.05, 4.69) is 10.2 Å². The molecule has 2 N–H and O–H groups in total. The van der Waals surface area contributed by atoms with Gasteiger partial charge in [-0.25, -0.2) is 9.89 Å². The minimum absolute atomic E-state index is 0.0626. The van der Waals surface area contributed by atoms with Crippen molar-refractivity contribution in [2.75, 3.05) is 20.3 Å². The Bertz CT molecular complexity index is 284. The normalized spacial score (nSPS) is 9.92. The maximum absolute atomic E-state index is 10.4. The Kier molecular flexibility index (Phi) is 3.27. The van der Waals surface area contributed by atoms with E-state index < -0.39 is 5.97 Å². The van der Waals surface area contributed by atoms with E-state index in [0.29, 0.717) is 19.1 Å². The zero-order chi connectivity index (χ0) is 9.68. The van der Waals surface area contributed by atoms with Gasteiger partial charge in [-0.15, -0.1) is 0 Å². The molecule has 0 unspecified atom stereocenters. The van der Waals surface area contributed by atoms with Crippen molar-refractivity contribution in [1.29, 1.82) is 0 Å². The summed E-state index contributed by atoms with van der Waals surface area (Å²) in [6.45, 7) is 0.805. The molecule has 0 aliphatic rings. The first kappa shape index (κ1) is 9.53. The molecule has 1 aromatic rings. The number of aromatic nitrogens is 2. The van der Waals surface area contributed by atoms with Gasteiger partial charge in [0.25, 0.3) is 0 Å². The lowest BCUT2D eigenvalue weighted by atomic mass is 10.4. The summed E-state index contributed by atoms with van der Waals surface area (Å²) >= 11 is 0. The lowest BCUT2D eigenvalue weighted by molar-refractivity contribution is 0.0690. The van der Waals surface area contributed by atoms with E-state index in [-0.39, 0.29) is 5.69 Å². The molecule has 0 atom stereocenters. The summed E-state index contributed by atoms with van der Waals surface area (Å²) in [5, 5.41) is 14.4. The van der Waals surface area contributed by atoms with Crippen molar-refractivity contribution in [3.63, 3.8) is 0 Å². The van der Waals surface area contributed by atoms with Crippen LogP contribution >= 0.6 is 0 Å². The van der Waals surface area contributed by atoms with Gasteiger partial charge in [0.2, 0.25) is 5.88 Å². The van der Waals surface area contributed by atoms with Crippen LogP contribution in [0, 0.1) is 0 Å². The molecule has 0 aromatic carbocycles. The third-order valence-electron chi connectivity index (χ3n) is 1.32. The molecular weight excluding hydrogens is 176 g/mol. The lowest BCUT2D eigenvalue weighted by Gasteiger charge is -1.99. The standard InChI is InChI=1S/C7H10N2O4/c1-12-2-3-13-6-4-5(7(10)11)8-9-6/h4H,2-3H2,1H3,(H,8,9)(H,10,11). The van der Waals surface area contributed by atoms with E-state index in [4.69, 9.17) is 14.6 Å². The number of rotatable bonds is 5. The number of aromatic amines is 1. The van der Waals surface area contributed by atoms with Crippen molar-refractivity contribution < 1.29 is 19.4 Å². The number of carbonyl (C=O) groups is 1. The largest absolute Gasteiger partial charge is 0.476 e. The van der Waals surface area contributed by atoms with Crippen LogP contribution in [0.3, 0.4) is 0 Å². The molecule has 0 aliphatic carbocycles. The topological polar surface area (TPSA) is 84.4 Å². The van der Waals surface area contributed by atoms with E-state index in [9.17, 15) is 4.79 Å². The molecule has 0 bridgehead atoms. The number of hydrogen-bond donors (Lipinski definition) is 2. The molecule has 0 saturated carbocycles. The third-order valence-corrected chi connectivity index (χ3v) is 1.32. The van der Waals surface area contributed by atoms with Crippen molar-refractivity contribution >= 4 is 5.97 Å². The maximum atomic E-state index is 10.4. The van der Waals surface area contributed by atoms with Crippen molar-refractivity contribution in [2.24, 2.45) is 0 Å². The monoisotopic (exact) mass is 186 g/mol. The molecule has 0 aliphatic heterocycles. The molecule has 6 nitrogen and oxygen atoms in total. The van der Waals surface area contributed by atoms with Gasteiger partial charge in [-0.2, -0.15) is 5.10 Å². The number of carboxylic acid groups (broad SMARTS) is 1. The summed E-state index contributed by atoms with van der Waals surface area (Å²) in [5.41, 5.74) is -0.0626. The summed E-state index contributed by atoms with van der Waals surface area (Å²) in [6, 6.07) is 1.32. The molecule has 6 heteroatoms. The quantitative estimate of drug-likeness (QED) is 0.638. The van der Waals surface area contributed by atoms with Crippen LogP contribution in [0.15, 0.2) is 6.07 Å². The highest BCUT2D eigenvalue weighted by atomic mass is 16.5. The Morgan fingerprint density at radius 2 is 2.46 bits per heavy atom. The molecule has 0 amide bonds. The Balaban J connectivity index is 2.44. The van der Waals surface area contributed by atoms with E-state index >= 15 is 0 Å². The fourth-order valence-electron chi connectivity index (χ4n) is 0.723. The Hall–Kier alpha value is -1.56. The second-order valence-electron chi connectivity index (χ2n) is 2.26. The van der Waals surface area contributed by atoms with E-state index in [1.807, 2.05) is 0 Å². The molecular formula is C7H10N2O4. The van der Waals surface area contributed by atoms with Crippen molar-refractivity contribution in [1.82, 2.24) is 10.2 Å². The van der Waals surface area contributed by atoms with Crippen molar-refractivity contribution in [3.05, 3.63) is 11.8 Å². The average Bonchev–Trinajstić information content (AvgIpc) is 2.53. The highest BCUT2D eigenvalue weighted by molar-refractivity contribution is 5.85. The number of carboxylic acids is 1. The lowest BCUT2D eigenvalue weighted by Crippen LogP contribution is -2.04. The highest BCUT2D eigenvalue weighted by Gasteiger charge is 2.07. The third kappa shape index (κ3) is 2.75. The van der Waals surface area contributed by atoms with Crippen LogP contribution in [-0.2, 0) is 4.74 Å². The molecule has 1 rings (SSSR count).